The molecular weight excluding hydrogens is 470 g/mol. The van der Waals surface area contributed by atoms with E-state index in [9.17, 15) is 9.59 Å². The molecule has 0 atom stereocenters. The predicted octanol–water partition coefficient (Wildman–Crippen LogP) is 5.99. The van der Waals surface area contributed by atoms with E-state index >= 15 is 0 Å². The van der Waals surface area contributed by atoms with Crippen LogP contribution in [0, 0.1) is 13.8 Å². The van der Waals surface area contributed by atoms with Crippen LogP contribution in [0.5, 0.6) is 11.5 Å². The molecule has 0 aliphatic carbocycles. The molecule has 3 aromatic rings. The second-order valence-electron chi connectivity index (χ2n) is 8.11. The van der Waals surface area contributed by atoms with Crippen molar-refractivity contribution in [1.82, 2.24) is 0 Å². The topological polar surface area (TPSA) is 74.3 Å². The maximum Gasteiger partial charge on any atom is 0.330 e. The molecule has 0 fully saturated rings. The Morgan fingerprint density at radius 1 is 0.649 bits per heavy atom. The molecule has 0 amide bonds. The Kier molecular flexibility index (Phi) is 9.91. The Bertz CT molecular complexity index is 1130. The zero-order valence-corrected chi connectivity index (χ0v) is 21.1. The van der Waals surface area contributed by atoms with Gasteiger partial charge in [-0.3, -0.25) is 0 Å². The van der Waals surface area contributed by atoms with Crippen molar-refractivity contribution in [3.63, 3.8) is 0 Å². The summed E-state index contributed by atoms with van der Waals surface area (Å²) in [4.78, 5) is 24.8. The first kappa shape index (κ1) is 27.1. The standard InChI is InChI=1S/C30H31NO6/c1-5-29(32)36-17-15-34-27-19-26(20-28(21-27)35-16-18-37-30(33)6-2)31(24-11-7-22(3)8-12-24)25-13-9-23(4)10-14-25/h5-14,19-21H,1-2,15-18H2,3-4H3. The first-order valence-electron chi connectivity index (χ1n) is 11.8. The number of rotatable bonds is 13. The van der Waals surface area contributed by atoms with Crippen LogP contribution in [-0.4, -0.2) is 38.4 Å². The molecule has 0 radical (unpaired) electrons. The van der Waals surface area contributed by atoms with E-state index in [0.717, 1.165) is 40.3 Å². The summed E-state index contributed by atoms with van der Waals surface area (Å²) >= 11 is 0. The second-order valence-corrected chi connectivity index (χ2v) is 8.11. The van der Waals surface area contributed by atoms with Gasteiger partial charge in [-0.2, -0.15) is 0 Å². The maximum atomic E-state index is 11.3. The number of esters is 2. The highest BCUT2D eigenvalue weighted by molar-refractivity contribution is 5.81. The van der Waals surface area contributed by atoms with Crippen molar-refractivity contribution in [2.24, 2.45) is 0 Å². The Morgan fingerprint density at radius 3 is 1.43 bits per heavy atom. The molecule has 7 nitrogen and oxygen atoms in total. The number of anilines is 3. The smallest absolute Gasteiger partial charge is 0.330 e. The lowest BCUT2D eigenvalue weighted by Gasteiger charge is -2.27. The molecule has 192 valence electrons. The third-order valence-corrected chi connectivity index (χ3v) is 5.23. The minimum Gasteiger partial charge on any atom is -0.490 e. The van der Waals surface area contributed by atoms with Gasteiger partial charge in [0.2, 0.25) is 0 Å². The van der Waals surface area contributed by atoms with Gasteiger partial charge < -0.3 is 23.8 Å². The molecule has 3 rings (SSSR count). The number of carbonyl (C=O) groups is 2. The fraction of sp³-hybridized carbons (Fsp3) is 0.200. The number of nitrogens with zero attached hydrogens (tertiary/aromatic N) is 1. The molecule has 0 aliphatic heterocycles. The Hall–Kier alpha value is -4.52. The number of aryl methyl sites for hydroxylation is 2. The van der Waals surface area contributed by atoms with Crippen LogP contribution < -0.4 is 14.4 Å². The maximum absolute atomic E-state index is 11.3. The number of hydrogen-bond acceptors (Lipinski definition) is 7. The minimum absolute atomic E-state index is 0.0718. The number of ether oxygens (including phenoxy) is 4. The van der Waals surface area contributed by atoms with Gasteiger partial charge in [0.25, 0.3) is 0 Å². The second kappa shape index (κ2) is 13.5. The van der Waals surface area contributed by atoms with Crippen molar-refractivity contribution >= 4 is 29.0 Å². The Morgan fingerprint density at radius 2 is 1.05 bits per heavy atom. The molecule has 0 aliphatic rings. The average molecular weight is 502 g/mol. The van der Waals surface area contributed by atoms with E-state index in [4.69, 9.17) is 18.9 Å². The highest BCUT2D eigenvalue weighted by Crippen LogP contribution is 2.38. The summed E-state index contributed by atoms with van der Waals surface area (Å²) in [5, 5.41) is 0. The summed E-state index contributed by atoms with van der Waals surface area (Å²) in [7, 11) is 0. The largest absolute Gasteiger partial charge is 0.490 e. The molecule has 0 N–H and O–H groups in total. The summed E-state index contributed by atoms with van der Waals surface area (Å²) in [6.07, 6.45) is 2.21. The number of carbonyl (C=O) groups excluding carboxylic acids is 2. The molecule has 0 saturated heterocycles. The summed E-state index contributed by atoms with van der Waals surface area (Å²) in [6.45, 7) is 11.3. The van der Waals surface area contributed by atoms with Gasteiger partial charge in [-0.15, -0.1) is 0 Å². The molecule has 0 saturated carbocycles. The van der Waals surface area contributed by atoms with Crippen LogP contribution >= 0.6 is 0 Å². The van der Waals surface area contributed by atoms with E-state index in [2.05, 4.69) is 42.3 Å². The zero-order valence-electron chi connectivity index (χ0n) is 21.1. The highest BCUT2D eigenvalue weighted by atomic mass is 16.6. The van der Waals surface area contributed by atoms with E-state index in [1.807, 2.05) is 50.2 Å². The quantitative estimate of drug-likeness (QED) is 0.162. The van der Waals surface area contributed by atoms with Crippen LogP contribution in [0.1, 0.15) is 11.1 Å². The average Bonchev–Trinajstić information content (AvgIpc) is 2.91. The summed E-state index contributed by atoms with van der Waals surface area (Å²) < 4.78 is 21.8. The van der Waals surface area contributed by atoms with Crippen molar-refractivity contribution < 1.29 is 28.5 Å². The molecule has 3 aromatic carbocycles. The van der Waals surface area contributed by atoms with Crippen LogP contribution in [0.4, 0.5) is 17.1 Å². The van der Waals surface area contributed by atoms with Crippen LogP contribution in [0.15, 0.2) is 92.0 Å². The monoisotopic (exact) mass is 501 g/mol. The van der Waals surface area contributed by atoms with Crippen molar-refractivity contribution in [2.45, 2.75) is 13.8 Å². The molecule has 0 spiro atoms. The molecule has 0 bridgehead atoms. The summed E-state index contributed by atoms with van der Waals surface area (Å²) in [6, 6.07) is 21.9. The fourth-order valence-corrected chi connectivity index (χ4v) is 3.41. The van der Waals surface area contributed by atoms with Gasteiger partial charge in [0.1, 0.15) is 37.9 Å². The summed E-state index contributed by atoms with van der Waals surface area (Å²) in [5.41, 5.74) is 5.01. The molecule has 0 unspecified atom stereocenters. The van der Waals surface area contributed by atoms with Crippen LogP contribution in [0.25, 0.3) is 0 Å². The van der Waals surface area contributed by atoms with Crippen molar-refractivity contribution in [3.8, 4) is 11.5 Å². The molecule has 0 heterocycles. The fourth-order valence-electron chi connectivity index (χ4n) is 3.41. The van der Waals surface area contributed by atoms with E-state index in [-0.39, 0.29) is 26.4 Å². The third kappa shape index (κ3) is 8.28. The van der Waals surface area contributed by atoms with E-state index in [0.29, 0.717) is 11.5 Å². The predicted molar refractivity (Wildman–Crippen MR) is 144 cm³/mol. The first-order chi connectivity index (χ1) is 17.9. The van der Waals surface area contributed by atoms with Crippen molar-refractivity contribution in [2.75, 3.05) is 31.3 Å². The Balaban J connectivity index is 1.93. The van der Waals surface area contributed by atoms with Crippen LogP contribution in [0.3, 0.4) is 0 Å². The zero-order chi connectivity index (χ0) is 26.6. The normalized spacial score (nSPS) is 10.2. The lowest BCUT2D eigenvalue weighted by atomic mass is 10.1. The van der Waals surface area contributed by atoms with Gasteiger partial charge in [0, 0.05) is 41.7 Å². The highest BCUT2D eigenvalue weighted by Gasteiger charge is 2.16. The number of hydrogen-bond donors (Lipinski definition) is 0. The van der Waals surface area contributed by atoms with Crippen molar-refractivity contribution in [3.05, 3.63) is 103 Å². The lowest BCUT2D eigenvalue weighted by Crippen LogP contribution is -2.13. The van der Waals surface area contributed by atoms with Gasteiger partial charge in [-0.05, 0) is 38.1 Å². The van der Waals surface area contributed by atoms with E-state index in [1.165, 1.54) is 0 Å². The van der Waals surface area contributed by atoms with Gasteiger partial charge in [0.15, 0.2) is 0 Å². The lowest BCUT2D eigenvalue weighted by molar-refractivity contribution is -0.139. The van der Waals surface area contributed by atoms with Gasteiger partial charge >= 0.3 is 11.9 Å². The first-order valence-corrected chi connectivity index (χ1v) is 11.8. The molecule has 0 aromatic heterocycles. The molecule has 37 heavy (non-hydrogen) atoms. The summed E-state index contributed by atoms with van der Waals surface area (Å²) in [5.74, 6) is 0.0182. The van der Waals surface area contributed by atoms with Gasteiger partial charge in [0.05, 0.1) is 5.69 Å². The van der Waals surface area contributed by atoms with Gasteiger partial charge in [-0.25, -0.2) is 9.59 Å². The van der Waals surface area contributed by atoms with E-state index < -0.39 is 11.9 Å². The van der Waals surface area contributed by atoms with E-state index in [1.54, 1.807) is 6.07 Å². The van der Waals surface area contributed by atoms with Gasteiger partial charge in [-0.1, -0.05) is 48.6 Å². The number of benzene rings is 3. The Labute approximate surface area is 217 Å². The minimum atomic E-state index is -0.514. The molecule has 7 heteroatoms. The SMILES string of the molecule is C=CC(=O)OCCOc1cc(OCCOC(=O)C=C)cc(N(c2ccc(C)cc2)c2ccc(C)cc2)c1. The van der Waals surface area contributed by atoms with Crippen molar-refractivity contribution in [1.29, 1.82) is 0 Å². The van der Waals surface area contributed by atoms with Crippen LogP contribution in [-0.2, 0) is 19.1 Å². The third-order valence-electron chi connectivity index (χ3n) is 5.23. The molecular formula is C30H31NO6. The van der Waals surface area contributed by atoms with Crippen LogP contribution in [0.2, 0.25) is 0 Å².